The highest BCUT2D eigenvalue weighted by Crippen LogP contribution is 2.21. The first kappa shape index (κ1) is 14.6. The molecule has 0 radical (unpaired) electrons. The first-order chi connectivity index (χ1) is 8.95. The number of aliphatic hydroxyl groups is 1. The van der Waals surface area contributed by atoms with Crippen molar-refractivity contribution >= 4 is 23.4 Å². The maximum atomic E-state index is 10.8. The van der Waals surface area contributed by atoms with Gasteiger partial charge in [-0.1, -0.05) is 0 Å². The predicted molar refractivity (Wildman–Crippen MR) is 66.5 cm³/mol. The molecule has 104 valence electrons. The Labute approximate surface area is 108 Å². The lowest BCUT2D eigenvalue weighted by atomic mass is 10.3. The number of carbonyl (C=O) groups excluding carboxylic acids is 1. The van der Waals surface area contributed by atoms with E-state index in [4.69, 9.17) is 5.73 Å². The Bertz CT molecular complexity index is 480. The van der Waals surface area contributed by atoms with Gasteiger partial charge in [0.1, 0.15) is 12.3 Å². The molecule has 0 saturated heterocycles. The summed E-state index contributed by atoms with van der Waals surface area (Å²) in [7, 11) is 0. The van der Waals surface area contributed by atoms with Gasteiger partial charge in [0, 0.05) is 6.54 Å². The van der Waals surface area contributed by atoms with Crippen molar-refractivity contribution in [3.05, 3.63) is 16.3 Å². The Kier molecular flexibility index (Phi) is 4.94. The SMILES string of the molecule is CCNc1ncc([N+](=O)[O-])c(NCC(O)C(N)=O)n1. The van der Waals surface area contributed by atoms with E-state index < -0.39 is 16.9 Å². The number of aliphatic hydroxyl groups excluding tert-OH is 1. The first-order valence-corrected chi connectivity index (χ1v) is 5.42. The number of anilines is 2. The van der Waals surface area contributed by atoms with Crippen molar-refractivity contribution in [3.63, 3.8) is 0 Å². The fourth-order valence-corrected chi connectivity index (χ4v) is 1.18. The maximum absolute atomic E-state index is 10.8. The van der Waals surface area contributed by atoms with Gasteiger partial charge in [0.25, 0.3) is 0 Å². The number of rotatable bonds is 7. The Hall–Kier alpha value is -2.49. The highest BCUT2D eigenvalue weighted by molar-refractivity contribution is 5.79. The van der Waals surface area contributed by atoms with Crippen molar-refractivity contribution < 1.29 is 14.8 Å². The standard InChI is InChI=1S/C9H14N6O4/c1-2-11-9-13-3-5(15(18)19)8(14-9)12-4-6(16)7(10)17/h3,6,16H,2,4H2,1H3,(H2,10,17)(H2,11,12,13,14). The molecule has 0 fully saturated rings. The third kappa shape index (κ3) is 4.03. The quantitative estimate of drug-likeness (QED) is 0.366. The van der Waals surface area contributed by atoms with E-state index in [0.717, 1.165) is 6.20 Å². The Morgan fingerprint density at radius 1 is 1.63 bits per heavy atom. The van der Waals surface area contributed by atoms with E-state index in [1.165, 1.54) is 0 Å². The molecule has 0 saturated carbocycles. The highest BCUT2D eigenvalue weighted by atomic mass is 16.6. The second kappa shape index (κ2) is 6.44. The van der Waals surface area contributed by atoms with Crippen LogP contribution in [0.25, 0.3) is 0 Å². The molecule has 0 spiro atoms. The lowest BCUT2D eigenvalue weighted by molar-refractivity contribution is -0.384. The minimum atomic E-state index is -1.46. The summed E-state index contributed by atoms with van der Waals surface area (Å²) in [6.07, 6.45) is -0.429. The molecule has 1 amide bonds. The lowest BCUT2D eigenvalue weighted by Crippen LogP contribution is -2.34. The molecule has 10 nitrogen and oxygen atoms in total. The van der Waals surface area contributed by atoms with Gasteiger partial charge in [-0.3, -0.25) is 14.9 Å². The predicted octanol–water partition coefficient (Wildman–Crippen LogP) is -0.925. The van der Waals surface area contributed by atoms with Crippen molar-refractivity contribution in [2.24, 2.45) is 5.73 Å². The van der Waals surface area contributed by atoms with Gasteiger partial charge < -0.3 is 21.5 Å². The lowest BCUT2D eigenvalue weighted by Gasteiger charge is -2.10. The van der Waals surface area contributed by atoms with Crippen LogP contribution in [0.3, 0.4) is 0 Å². The molecule has 1 unspecified atom stereocenters. The summed E-state index contributed by atoms with van der Waals surface area (Å²) in [5.74, 6) is -0.837. The minimum Gasteiger partial charge on any atom is -0.381 e. The van der Waals surface area contributed by atoms with Crippen LogP contribution in [-0.2, 0) is 4.79 Å². The van der Waals surface area contributed by atoms with Crippen LogP contribution in [0, 0.1) is 10.1 Å². The fourth-order valence-electron chi connectivity index (χ4n) is 1.18. The summed E-state index contributed by atoms with van der Waals surface area (Å²) < 4.78 is 0. The van der Waals surface area contributed by atoms with Crippen LogP contribution in [0.2, 0.25) is 0 Å². The number of nitrogens with one attached hydrogen (secondary N) is 2. The number of aromatic nitrogens is 2. The third-order valence-electron chi connectivity index (χ3n) is 2.09. The normalized spacial score (nSPS) is 11.7. The van der Waals surface area contributed by atoms with Gasteiger partial charge in [-0.05, 0) is 6.92 Å². The zero-order valence-electron chi connectivity index (χ0n) is 10.2. The second-order valence-electron chi connectivity index (χ2n) is 3.51. The molecule has 0 aliphatic carbocycles. The van der Waals surface area contributed by atoms with Crippen LogP contribution in [0.4, 0.5) is 17.5 Å². The van der Waals surface area contributed by atoms with Gasteiger partial charge in [-0.2, -0.15) is 4.98 Å². The van der Waals surface area contributed by atoms with Crippen LogP contribution in [0.15, 0.2) is 6.20 Å². The van der Waals surface area contributed by atoms with E-state index in [9.17, 15) is 20.0 Å². The number of nitrogens with two attached hydrogens (primary N) is 1. The molecular weight excluding hydrogens is 256 g/mol. The van der Waals surface area contributed by atoms with Crippen molar-refractivity contribution in [2.75, 3.05) is 23.7 Å². The Morgan fingerprint density at radius 3 is 2.84 bits per heavy atom. The number of primary amides is 1. The van der Waals surface area contributed by atoms with E-state index in [2.05, 4.69) is 20.6 Å². The van der Waals surface area contributed by atoms with Crippen molar-refractivity contribution in [1.29, 1.82) is 0 Å². The summed E-state index contributed by atoms with van der Waals surface area (Å²) >= 11 is 0. The van der Waals surface area contributed by atoms with E-state index in [1.54, 1.807) is 0 Å². The van der Waals surface area contributed by atoms with E-state index in [-0.39, 0.29) is 24.0 Å². The number of nitro groups is 1. The molecule has 0 aromatic carbocycles. The monoisotopic (exact) mass is 270 g/mol. The highest BCUT2D eigenvalue weighted by Gasteiger charge is 2.19. The third-order valence-corrected chi connectivity index (χ3v) is 2.09. The summed E-state index contributed by atoms with van der Waals surface area (Å²) in [5, 5.41) is 25.3. The van der Waals surface area contributed by atoms with Gasteiger partial charge >= 0.3 is 5.69 Å². The molecule has 1 heterocycles. The van der Waals surface area contributed by atoms with Crippen LogP contribution >= 0.6 is 0 Å². The maximum Gasteiger partial charge on any atom is 0.329 e. The Balaban J connectivity index is 2.91. The van der Waals surface area contributed by atoms with Crippen molar-refractivity contribution in [1.82, 2.24) is 9.97 Å². The van der Waals surface area contributed by atoms with Gasteiger partial charge in [0.2, 0.25) is 17.7 Å². The zero-order chi connectivity index (χ0) is 14.4. The van der Waals surface area contributed by atoms with Gasteiger partial charge in [0.15, 0.2) is 0 Å². The van der Waals surface area contributed by atoms with Gasteiger partial charge in [-0.25, -0.2) is 4.98 Å². The molecule has 1 aromatic heterocycles. The molecule has 0 bridgehead atoms. The number of hydrogen-bond donors (Lipinski definition) is 4. The molecule has 1 aromatic rings. The van der Waals surface area contributed by atoms with Crippen molar-refractivity contribution in [3.8, 4) is 0 Å². The average molecular weight is 270 g/mol. The summed E-state index contributed by atoms with van der Waals surface area (Å²) in [6, 6.07) is 0. The molecular formula is C9H14N6O4. The number of amides is 1. The summed E-state index contributed by atoms with van der Waals surface area (Å²) in [5.41, 5.74) is 4.51. The molecule has 1 rings (SSSR count). The number of nitrogens with zero attached hydrogens (tertiary/aromatic N) is 3. The minimum absolute atomic E-state index is 0.101. The van der Waals surface area contributed by atoms with Crippen LogP contribution in [-0.4, -0.2) is 45.1 Å². The zero-order valence-corrected chi connectivity index (χ0v) is 10.2. The Morgan fingerprint density at radius 2 is 2.32 bits per heavy atom. The molecule has 1 atom stereocenters. The largest absolute Gasteiger partial charge is 0.381 e. The van der Waals surface area contributed by atoms with Gasteiger partial charge in [0.05, 0.1) is 11.5 Å². The summed E-state index contributed by atoms with van der Waals surface area (Å²) in [4.78, 5) is 28.4. The molecule has 0 aliphatic heterocycles. The van der Waals surface area contributed by atoms with Crippen LogP contribution < -0.4 is 16.4 Å². The van der Waals surface area contributed by atoms with Gasteiger partial charge in [-0.15, -0.1) is 0 Å². The number of hydrogen-bond acceptors (Lipinski definition) is 8. The van der Waals surface area contributed by atoms with Crippen LogP contribution in [0.5, 0.6) is 0 Å². The smallest absolute Gasteiger partial charge is 0.329 e. The first-order valence-electron chi connectivity index (χ1n) is 5.42. The molecule has 19 heavy (non-hydrogen) atoms. The topological polar surface area (TPSA) is 156 Å². The van der Waals surface area contributed by atoms with E-state index >= 15 is 0 Å². The van der Waals surface area contributed by atoms with E-state index in [1.807, 2.05) is 6.92 Å². The second-order valence-corrected chi connectivity index (χ2v) is 3.51. The van der Waals surface area contributed by atoms with E-state index in [0.29, 0.717) is 6.54 Å². The summed E-state index contributed by atoms with van der Waals surface area (Å²) in [6.45, 7) is 2.08. The average Bonchev–Trinajstić information content (AvgIpc) is 2.36. The number of carbonyl (C=O) groups is 1. The molecule has 0 aliphatic rings. The van der Waals surface area contributed by atoms with Crippen LogP contribution in [0.1, 0.15) is 6.92 Å². The molecule has 10 heteroatoms. The fraction of sp³-hybridized carbons (Fsp3) is 0.444. The van der Waals surface area contributed by atoms with Crippen molar-refractivity contribution in [2.45, 2.75) is 13.0 Å². The molecule has 5 N–H and O–H groups in total.